The molecule has 0 unspecified atom stereocenters. The van der Waals surface area contributed by atoms with E-state index >= 15 is 0 Å². The zero-order chi connectivity index (χ0) is 7.40. The van der Waals surface area contributed by atoms with Crippen LogP contribution in [0.2, 0.25) is 0 Å². The number of rotatable bonds is 2. The Morgan fingerprint density at radius 3 is 2.60 bits per heavy atom. The van der Waals surface area contributed by atoms with Crippen LogP contribution in [0, 0.1) is 12.3 Å². The second-order valence-electron chi connectivity index (χ2n) is 2.12. The lowest BCUT2D eigenvalue weighted by Crippen LogP contribution is -2.14. The molecule has 0 aliphatic carbocycles. The predicted octanol–water partition coefficient (Wildman–Crippen LogP) is 0.683. The minimum atomic E-state index is 0.116. The van der Waals surface area contributed by atoms with Crippen LogP contribution in [0.15, 0.2) is 5.22 Å². The van der Waals surface area contributed by atoms with Crippen LogP contribution in [0.3, 0.4) is 0 Å². The smallest absolute Gasteiger partial charge is 0.130 e. The summed E-state index contributed by atoms with van der Waals surface area (Å²) in [5.41, 5.74) is 0. The highest BCUT2D eigenvalue weighted by Gasteiger charge is 2.15. The van der Waals surface area contributed by atoms with E-state index in [0.717, 1.165) is 25.9 Å². The summed E-state index contributed by atoms with van der Waals surface area (Å²) in [4.78, 5) is 4.03. The molecule has 0 N–H and O–H groups in total. The lowest BCUT2D eigenvalue weighted by atomic mass is 10.4. The molecule has 5 heteroatoms. The lowest BCUT2D eigenvalue weighted by molar-refractivity contribution is -0.782. The molecule has 1 saturated heterocycles. The Hall–Kier alpha value is -1.00. The summed E-state index contributed by atoms with van der Waals surface area (Å²) in [5.74, 6) is 0. The van der Waals surface area contributed by atoms with Gasteiger partial charge in [0.1, 0.15) is 18.3 Å². The molecule has 1 heterocycles. The molecule has 1 aliphatic rings. The second-order valence-corrected chi connectivity index (χ2v) is 2.12. The minimum Gasteiger partial charge on any atom is -0.456 e. The fourth-order valence-corrected chi connectivity index (χ4v) is 0.919. The van der Waals surface area contributed by atoms with E-state index < -0.39 is 0 Å². The van der Waals surface area contributed by atoms with Gasteiger partial charge >= 0.3 is 0 Å². The summed E-state index contributed by atoms with van der Waals surface area (Å²) < 4.78 is 0. The first-order valence-electron chi connectivity index (χ1n) is 3.19. The Morgan fingerprint density at radius 1 is 1.50 bits per heavy atom. The van der Waals surface area contributed by atoms with Gasteiger partial charge < -0.3 is 10.0 Å². The van der Waals surface area contributed by atoms with Gasteiger partial charge in [0.25, 0.3) is 0 Å². The highest BCUT2D eigenvalue weighted by molar-refractivity contribution is 4.58. The second kappa shape index (κ2) is 3.24. The van der Waals surface area contributed by atoms with Crippen molar-refractivity contribution >= 4 is 0 Å². The normalized spacial score (nSPS) is 19.7. The van der Waals surface area contributed by atoms with Crippen molar-refractivity contribution in [2.75, 3.05) is 13.1 Å². The molecule has 0 atom stereocenters. The Kier molecular flexibility index (Phi) is 2.30. The average Bonchev–Trinajstić information content (AvgIpc) is 2.40. The van der Waals surface area contributed by atoms with Crippen molar-refractivity contribution in [1.82, 2.24) is 5.01 Å². The van der Waals surface area contributed by atoms with Gasteiger partial charge in [-0.05, 0) is 12.8 Å². The van der Waals surface area contributed by atoms with Gasteiger partial charge in [0, 0.05) is 7.11 Å². The summed E-state index contributed by atoms with van der Waals surface area (Å²) in [5, 5.41) is 15.7. The molecular formula is C5H10N3O2. The van der Waals surface area contributed by atoms with E-state index in [4.69, 9.17) is 0 Å². The molecule has 0 amide bonds. The number of nitrogens with zero attached hydrogens (tertiary/aromatic N) is 3. The van der Waals surface area contributed by atoms with Gasteiger partial charge in [0.05, 0.1) is 5.02 Å². The molecular weight excluding hydrogens is 134 g/mol. The molecule has 0 spiro atoms. The number of hydrogen-bond acceptors (Lipinski definition) is 3. The molecule has 5 nitrogen and oxygen atoms in total. The van der Waals surface area contributed by atoms with Crippen LogP contribution in [-0.4, -0.2) is 23.1 Å². The standard InChI is InChI=1S/C5H10N3O2/c1-10-8(9)6-7-4-2-3-5-7/h1-5H2/b8-6+. The maximum absolute atomic E-state index is 10.4. The summed E-state index contributed by atoms with van der Waals surface area (Å²) in [6, 6.07) is 0. The first-order valence-corrected chi connectivity index (χ1v) is 3.19. The molecule has 1 radical (unpaired) electrons. The van der Waals surface area contributed by atoms with Crippen molar-refractivity contribution in [3.05, 3.63) is 12.3 Å². The van der Waals surface area contributed by atoms with Crippen LogP contribution in [0.4, 0.5) is 0 Å². The third-order valence-electron chi connectivity index (χ3n) is 1.39. The van der Waals surface area contributed by atoms with Gasteiger partial charge in [0.15, 0.2) is 0 Å². The Bertz CT molecular complexity index is 131. The van der Waals surface area contributed by atoms with Gasteiger partial charge in [-0.1, -0.05) is 0 Å². The SMILES string of the molecule is [CH2]O/[N+]([O-])=N/N1CCCC1. The monoisotopic (exact) mass is 144 g/mol. The Labute approximate surface area is 59.4 Å². The first kappa shape index (κ1) is 7.11. The maximum atomic E-state index is 10.4. The van der Waals surface area contributed by atoms with Crippen LogP contribution in [0.25, 0.3) is 0 Å². The quantitative estimate of drug-likeness (QED) is 0.423. The fourth-order valence-electron chi connectivity index (χ4n) is 0.919. The maximum Gasteiger partial charge on any atom is 0.130 e. The van der Waals surface area contributed by atoms with Crippen molar-refractivity contribution in [1.29, 1.82) is 0 Å². The molecule has 1 fully saturated rings. The Morgan fingerprint density at radius 2 is 2.10 bits per heavy atom. The van der Waals surface area contributed by atoms with Crippen molar-refractivity contribution in [3.8, 4) is 0 Å². The van der Waals surface area contributed by atoms with E-state index in [1.165, 1.54) is 0 Å². The third kappa shape index (κ3) is 1.75. The highest BCUT2D eigenvalue weighted by Crippen LogP contribution is 2.06. The van der Waals surface area contributed by atoms with E-state index in [-0.39, 0.29) is 5.02 Å². The molecule has 0 aromatic rings. The first-order chi connectivity index (χ1) is 4.83. The molecule has 57 valence electrons. The van der Waals surface area contributed by atoms with Gasteiger partial charge in [-0.15, -0.1) is 0 Å². The van der Waals surface area contributed by atoms with Crippen LogP contribution in [-0.2, 0) is 4.84 Å². The lowest BCUT2D eigenvalue weighted by Gasteiger charge is -2.03. The van der Waals surface area contributed by atoms with E-state index in [1.807, 2.05) is 0 Å². The molecule has 10 heavy (non-hydrogen) atoms. The summed E-state index contributed by atoms with van der Waals surface area (Å²) in [6.07, 6.45) is 2.18. The van der Waals surface area contributed by atoms with Crippen molar-refractivity contribution in [3.63, 3.8) is 0 Å². The number of hydrogen-bond donors (Lipinski definition) is 0. The Balaban J connectivity index is 2.34. The van der Waals surface area contributed by atoms with Gasteiger partial charge in [-0.3, -0.25) is 0 Å². The summed E-state index contributed by atoms with van der Waals surface area (Å²) >= 11 is 0. The van der Waals surface area contributed by atoms with Gasteiger partial charge in [-0.2, -0.15) is 5.01 Å². The van der Waals surface area contributed by atoms with E-state index in [0.29, 0.717) is 0 Å². The molecule has 0 bridgehead atoms. The van der Waals surface area contributed by atoms with Gasteiger partial charge in [-0.25, -0.2) is 0 Å². The molecule has 0 aromatic heterocycles. The minimum absolute atomic E-state index is 0.116. The van der Waals surface area contributed by atoms with Crippen LogP contribution < -0.4 is 0 Å². The highest BCUT2D eigenvalue weighted by atomic mass is 16.9. The topological polar surface area (TPSA) is 50.9 Å². The van der Waals surface area contributed by atoms with Crippen LogP contribution >= 0.6 is 0 Å². The van der Waals surface area contributed by atoms with E-state index in [9.17, 15) is 5.21 Å². The van der Waals surface area contributed by atoms with E-state index in [1.54, 1.807) is 5.01 Å². The zero-order valence-electron chi connectivity index (χ0n) is 5.69. The van der Waals surface area contributed by atoms with Crippen molar-refractivity contribution in [2.24, 2.45) is 5.22 Å². The summed E-state index contributed by atoms with van der Waals surface area (Å²) in [6.45, 7) is 1.67. The fraction of sp³-hybridized carbons (Fsp3) is 0.800. The predicted molar refractivity (Wildman–Crippen MR) is 33.3 cm³/mol. The third-order valence-corrected chi connectivity index (χ3v) is 1.39. The van der Waals surface area contributed by atoms with Crippen LogP contribution in [0.5, 0.6) is 0 Å². The van der Waals surface area contributed by atoms with Crippen molar-refractivity contribution < 1.29 is 9.86 Å². The largest absolute Gasteiger partial charge is 0.456 e. The zero-order valence-corrected chi connectivity index (χ0v) is 5.69. The average molecular weight is 144 g/mol. The van der Waals surface area contributed by atoms with Crippen LogP contribution in [0.1, 0.15) is 12.8 Å². The van der Waals surface area contributed by atoms with E-state index in [2.05, 4.69) is 17.2 Å². The molecule has 1 rings (SSSR count). The molecule has 0 saturated carbocycles. The van der Waals surface area contributed by atoms with Gasteiger partial charge in [0.2, 0.25) is 0 Å². The van der Waals surface area contributed by atoms with Crippen molar-refractivity contribution in [2.45, 2.75) is 12.8 Å². The summed E-state index contributed by atoms with van der Waals surface area (Å²) in [7, 11) is 2.92. The molecule has 0 aromatic carbocycles. The molecule has 1 aliphatic heterocycles.